The third-order valence-electron chi connectivity index (χ3n) is 4.14. The minimum atomic E-state index is -0.546. The second kappa shape index (κ2) is 8.22. The van der Waals surface area contributed by atoms with Crippen molar-refractivity contribution in [1.29, 1.82) is 0 Å². The van der Waals surface area contributed by atoms with E-state index >= 15 is 0 Å². The summed E-state index contributed by atoms with van der Waals surface area (Å²) in [6.45, 7) is 0.361. The molecule has 0 radical (unpaired) electrons. The number of nitrogens with one attached hydrogen (secondary N) is 1. The summed E-state index contributed by atoms with van der Waals surface area (Å²) in [6.07, 6.45) is 2.89. The number of fused-ring (bicyclic) bond motifs is 1. The number of benzene rings is 2. The van der Waals surface area contributed by atoms with Gasteiger partial charge in [-0.15, -0.1) is 0 Å². The Morgan fingerprint density at radius 3 is 2.70 bits per heavy atom. The minimum absolute atomic E-state index is 0.136. The van der Waals surface area contributed by atoms with Crippen molar-refractivity contribution < 1.29 is 9.72 Å². The molecule has 8 nitrogen and oxygen atoms in total. The van der Waals surface area contributed by atoms with Crippen LogP contribution in [0.25, 0.3) is 10.9 Å². The van der Waals surface area contributed by atoms with Crippen molar-refractivity contribution in [2.75, 3.05) is 6.54 Å². The van der Waals surface area contributed by atoms with Gasteiger partial charge in [-0.25, -0.2) is 4.98 Å². The SMILES string of the molecule is O=C(Cn1cnc2cc([N+](=O)[O-])ccc2c1=O)NCCCc1ccccc1. The topological polar surface area (TPSA) is 107 Å². The Morgan fingerprint density at radius 2 is 1.96 bits per heavy atom. The number of aromatic nitrogens is 2. The van der Waals surface area contributed by atoms with Crippen LogP contribution in [0.1, 0.15) is 12.0 Å². The molecule has 27 heavy (non-hydrogen) atoms. The predicted octanol–water partition coefficient (Wildman–Crippen LogP) is 2.05. The monoisotopic (exact) mass is 366 g/mol. The molecule has 0 spiro atoms. The van der Waals surface area contributed by atoms with E-state index in [0.29, 0.717) is 6.54 Å². The van der Waals surface area contributed by atoms with Gasteiger partial charge in [0.05, 0.1) is 22.2 Å². The molecule has 0 aliphatic heterocycles. The van der Waals surface area contributed by atoms with E-state index in [0.717, 1.165) is 12.8 Å². The summed E-state index contributed by atoms with van der Waals surface area (Å²) in [5, 5.41) is 13.8. The van der Waals surface area contributed by atoms with Crippen molar-refractivity contribution in [3.63, 3.8) is 0 Å². The Kier molecular flexibility index (Phi) is 5.55. The lowest BCUT2D eigenvalue weighted by Gasteiger charge is -2.08. The summed E-state index contributed by atoms with van der Waals surface area (Å²) in [4.78, 5) is 38.8. The van der Waals surface area contributed by atoms with E-state index in [4.69, 9.17) is 0 Å². The lowest BCUT2D eigenvalue weighted by atomic mass is 10.1. The molecule has 1 N–H and O–H groups in total. The number of nitro benzene ring substituents is 1. The molecule has 1 aromatic heterocycles. The van der Waals surface area contributed by atoms with Gasteiger partial charge in [-0.05, 0) is 24.5 Å². The molecule has 0 unspecified atom stereocenters. The average molecular weight is 366 g/mol. The van der Waals surface area contributed by atoms with Crippen LogP contribution in [-0.2, 0) is 17.8 Å². The number of aryl methyl sites for hydroxylation is 1. The van der Waals surface area contributed by atoms with E-state index in [1.165, 1.54) is 34.7 Å². The van der Waals surface area contributed by atoms with Crippen molar-refractivity contribution in [2.24, 2.45) is 0 Å². The van der Waals surface area contributed by atoms with E-state index < -0.39 is 10.5 Å². The molecule has 8 heteroatoms. The van der Waals surface area contributed by atoms with Crippen LogP contribution < -0.4 is 10.9 Å². The lowest BCUT2D eigenvalue weighted by Crippen LogP contribution is -2.33. The number of amides is 1. The first kappa shape index (κ1) is 18.2. The van der Waals surface area contributed by atoms with Crippen molar-refractivity contribution in [3.05, 3.63) is 80.9 Å². The smallest absolute Gasteiger partial charge is 0.271 e. The van der Waals surface area contributed by atoms with Crippen LogP contribution in [0.15, 0.2) is 59.7 Å². The van der Waals surface area contributed by atoms with E-state index in [9.17, 15) is 19.7 Å². The number of nitro groups is 1. The third-order valence-corrected chi connectivity index (χ3v) is 4.14. The first-order valence-corrected chi connectivity index (χ1v) is 8.49. The number of hydrogen-bond donors (Lipinski definition) is 1. The molecule has 1 amide bonds. The number of nitrogens with zero attached hydrogens (tertiary/aromatic N) is 3. The van der Waals surface area contributed by atoms with Gasteiger partial charge in [-0.3, -0.25) is 24.3 Å². The number of non-ortho nitro benzene ring substituents is 1. The second-order valence-electron chi connectivity index (χ2n) is 6.08. The normalized spacial score (nSPS) is 10.7. The van der Waals surface area contributed by atoms with E-state index in [2.05, 4.69) is 10.3 Å². The van der Waals surface area contributed by atoms with Crippen LogP contribution in [0, 0.1) is 10.1 Å². The molecular weight excluding hydrogens is 348 g/mol. The fourth-order valence-electron chi connectivity index (χ4n) is 2.75. The average Bonchev–Trinajstić information content (AvgIpc) is 2.68. The highest BCUT2D eigenvalue weighted by atomic mass is 16.6. The fraction of sp³-hybridized carbons (Fsp3) is 0.211. The maximum Gasteiger partial charge on any atom is 0.271 e. The number of carbonyl (C=O) groups excluding carboxylic acids is 1. The minimum Gasteiger partial charge on any atom is -0.355 e. The molecule has 0 bridgehead atoms. The summed E-state index contributed by atoms with van der Waals surface area (Å²) >= 11 is 0. The molecule has 3 rings (SSSR count). The molecular formula is C19H18N4O4. The summed E-state index contributed by atoms with van der Waals surface area (Å²) in [6, 6.07) is 13.8. The standard InChI is InChI=1S/C19H18N4O4/c24-18(20-10-4-7-14-5-2-1-3-6-14)12-22-13-21-17-11-15(23(26)27)8-9-16(17)19(22)25/h1-3,5-6,8-9,11,13H,4,7,10,12H2,(H,20,24). The Bertz CT molecular complexity index is 1030. The molecule has 0 fully saturated rings. The zero-order valence-electron chi connectivity index (χ0n) is 14.5. The van der Waals surface area contributed by atoms with Gasteiger partial charge in [-0.1, -0.05) is 30.3 Å². The molecule has 138 valence electrons. The summed E-state index contributed by atoms with van der Waals surface area (Å²) in [5.74, 6) is -0.284. The zero-order valence-corrected chi connectivity index (χ0v) is 14.5. The predicted molar refractivity (Wildman–Crippen MR) is 100 cm³/mol. The van der Waals surface area contributed by atoms with Crippen LogP contribution in [0.5, 0.6) is 0 Å². The summed E-state index contributed by atoms with van der Waals surface area (Å²) in [5.41, 5.74) is 0.891. The van der Waals surface area contributed by atoms with Gasteiger partial charge in [0.1, 0.15) is 6.54 Å². The molecule has 0 aliphatic carbocycles. The zero-order chi connectivity index (χ0) is 19.2. The Balaban J connectivity index is 1.59. The van der Waals surface area contributed by atoms with E-state index in [-0.39, 0.29) is 29.0 Å². The highest BCUT2D eigenvalue weighted by Gasteiger charge is 2.12. The Labute approximate surface area is 154 Å². The van der Waals surface area contributed by atoms with E-state index in [1.807, 2.05) is 30.3 Å². The van der Waals surface area contributed by atoms with Gasteiger partial charge in [0.25, 0.3) is 11.2 Å². The van der Waals surface area contributed by atoms with Crippen molar-refractivity contribution in [3.8, 4) is 0 Å². The van der Waals surface area contributed by atoms with Gasteiger partial charge in [0.15, 0.2) is 0 Å². The Morgan fingerprint density at radius 1 is 1.19 bits per heavy atom. The van der Waals surface area contributed by atoms with E-state index in [1.54, 1.807) is 0 Å². The molecule has 3 aromatic rings. The largest absolute Gasteiger partial charge is 0.355 e. The third kappa shape index (κ3) is 4.55. The summed E-state index contributed by atoms with van der Waals surface area (Å²) in [7, 11) is 0. The molecule has 1 heterocycles. The molecule has 0 saturated carbocycles. The van der Waals surface area contributed by atoms with Gasteiger partial charge in [0.2, 0.25) is 5.91 Å². The molecule has 0 aliphatic rings. The highest BCUT2D eigenvalue weighted by molar-refractivity contribution is 5.80. The van der Waals surface area contributed by atoms with Gasteiger partial charge < -0.3 is 5.32 Å². The second-order valence-corrected chi connectivity index (χ2v) is 6.08. The number of rotatable bonds is 7. The first-order chi connectivity index (χ1) is 13.0. The van der Waals surface area contributed by atoms with Crippen LogP contribution in [0.2, 0.25) is 0 Å². The molecule has 2 aromatic carbocycles. The van der Waals surface area contributed by atoms with Crippen molar-refractivity contribution in [2.45, 2.75) is 19.4 Å². The Hall–Kier alpha value is -3.55. The van der Waals surface area contributed by atoms with Crippen LogP contribution in [0.3, 0.4) is 0 Å². The highest BCUT2D eigenvalue weighted by Crippen LogP contribution is 2.16. The van der Waals surface area contributed by atoms with Crippen LogP contribution >= 0.6 is 0 Å². The number of hydrogen-bond acceptors (Lipinski definition) is 5. The summed E-state index contributed by atoms with van der Waals surface area (Å²) < 4.78 is 1.20. The maximum absolute atomic E-state index is 12.4. The quantitative estimate of drug-likeness (QED) is 0.391. The fourth-order valence-corrected chi connectivity index (χ4v) is 2.75. The van der Waals surface area contributed by atoms with Gasteiger partial charge in [-0.2, -0.15) is 0 Å². The molecule has 0 atom stereocenters. The van der Waals surface area contributed by atoms with Crippen molar-refractivity contribution >= 4 is 22.5 Å². The van der Waals surface area contributed by atoms with Crippen LogP contribution in [-0.4, -0.2) is 26.9 Å². The number of carbonyl (C=O) groups is 1. The van der Waals surface area contributed by atoms with Crippen LogP contribution in [0.4, 0.5) is 5.69 Å². The van der Waals surface area contributed by atoms with Crippen molar-refractivity contribution in [1.82, 2.24) is 14.9 Å². The van der Waals surface area contributed by atoms with Gasteiger partial charge in [0, 0.05) is 18.7 Å². The lowest BCUT2D eigenvalue weighted by molar-refractivity contribution is -0.384. The maximum atomic E-state index is 12.4. The first-order valence-electron chi connectivity index (χ1n) is 8.49. The molecule has 0 saturated heterocycles. The van der Waals surface area contributed by atoms with Gasteiger partial charge >= 0.3 is 0 Å².